The molecule has 0 spiro atoms. The molecule has 2 N–H and O–H groups in total. The van der Waals surface area contributed by atoms with E-state index in [1.165, 1.54) is 12.3 Å². The molecule has 0 aromatic carbocycles. The van der Waals surface area contributed by atoms with E-state index in [4.69, 9.17) is 4.74 Å². The van der Waals surface area contributed by atoms with Gasteiger partial charge in [0.1, 0.15) is 0 Å². The number of halogens is 1. The number of nitrogens with zero attached hydrogens (tertiary/aromatic N) is 1. The molecule has 1 amide bonds. The van der Waals surface area contributed by atoms with Gasteiger partial charge in [-0.1, -0.05) is 0 Å². The Hall–Kier alpha value is -1.53. The van der Waals surface area contributed by atoms with Crippen molar-refractivity contribution in [2.24, 2.45) is 5.92 Å². The van der Waals surface area contributed by atoms with Gasteiger partial charge in [0.05, 0.1) is 31.0 Å². The molecule has 2 unspecified atom stereocenters. The highest BCUT2D eigenvalue weighted by Crippen LogP contribution is 2.17. The summed E-state index contributed by atoms with van der Waals surface area (Å²) < 4.78 is 18.5. The van der Waals surface area contributed by atoms with Crippen LogP contribution >= 0.6 is 0 Å². The fourth-order valence-electron chi connectivity index (χ4n) is 1.80. The Kier molecular flexibility index (Phi) is 3.65. The molecule has 0 aliphatic carbocycles. The maximum atomic E-state index is 13.3. The molecule has 17 heavy (non-hydrogen) atoms. The van der Waals surface area contributed by atoms with Crippen molar-refractivity contribution in [1.82, 2.24) is 10.3 Å². The summed E-state index contributed by atoms with van der Waals surface area (Å²) in [5.41, 5.74) is 0.145. The minimum absolute atomic E-state index is 0.0279. The van der Waals surface area contributed by atoms with Gasteiger partial charge in [-0.3, -0.25) is 9.78 Å². The highest BCUT2D eigenvalue weighted by Gasteiger charge is 2.33. The van der Waals surface area contributed by atoms with Gasteiger partial charge in [-0.05, 0) is 13.1 Å². The summed E-state index contributed by atoms with van der Waals surface area (Å²) in [5, 5.41) is 5.55. The molecular formula is C11H14FN3O2. The van der Waals surface area contributed by atoms with Crippen LogP contribution in [0, 0.1) is 11.7 Å². The summed E-state index contributed by atoms with van der Waals surface area (Å²) in [5.74, 6) is -1.08. The van der Waals surface area contributed by atoms with E-state index < -0.39 is 5.82 Å². The van der Waals surface area contributed by atoms with Crippen molar-refractivity contribution in [2.75, 3.05) is 25.6 Å². The Bertz CT molecular complexity index is 413. The molecule has 92 valence electrons. The molecule has 1 fully saturated rings. The molecule has 1 aliphatic rings. The van der Waals surface area contributed by atoms with Crippen LogP contribution in [-0.4, -0.2) is 37.2 Å². The lowest BCUT2D eigenvalue weighted by Crippen LogP contribution is -2.39. The van der Waals surface area contributed by atoms with E-state index in [9.17, 15) is 9.18 Å². The molecule has 1 saturated heterocycles. The average molecular weight is 239 g/mol. The molecule has 2 rings (SSSR count). The normalized spacial score (nSPS) is 23.6. The van der Waals surface area contributed by atoms with Crippen molar-refractivity contribution in [3.63, 3.8) is 0 Å². The maximum absolute atomic E-state index is 13.3. The zero-order chi connectivity index (χ0) is 12.3. The van der Waals surface area contributed by atoms with Crippen molar-refractivity contribution in [2.45, 2.75) is 6.04 Å². The summed E-state index contributed by atoms with van der Waals surface area (Å²) in [4.78, 5) is 15.5. The minimum atomic E-state index is -0.541. The second kappa shape index (κ2) is 5.20. The number of amides is 1. The maximum Gasteiger partial charge on any atom is 0.231 e. The fraction of sp³-hybridized carbons (Fsp3) is 0.455. The number of likely N-dealkylation sites (N-methyl/N-ethyl adjacent to an activating group) is 1. The Labute approximate surface area is 98.4 Å². The van der Waals surface area contributed by atoms with E-state index >= 15 is 0 Å². The molecule has 1 aromatic rings. The topological polar surface area (TPSA) is 63.2 Å². The predicted octanol–water partition coefficient (Wildman–Crippen LogP) is 0.394. The SMILES string of the molecule is CNC1COCC1C(=O)Nc1ccncc1F. The van der Waals surface area contributed by atoms with Crippen molar-refractivity contribution in [3.8, 4) is 0 Å². The van der Waals surface area contributed by atoms with Crippen molar-refractivity contribution in [3.05, 3.63) is 24.3 Å². The number of rotatable bonds is 3. The van der Waals surface area contributed by atoms with Crippen LogP contribution in [0.1, 0.15) is 0 Å². The standard InChI is InChI=1S/C11H14FN3O2/c1-13-10-6-17-5-7(10)11(16)15-9-2-3-14-4-8(9)12/h2-4,7,10,13H,5-6H2,1H3,(H,14,15,16). The lowest BCUT2D eigenvalue weighted by atomic mass is 10.0. The van der Waals surface area contributed by atoms with Gasteiger partial charge in [-0.25, -0.2) is 4.39 Å². The van der Waals surface area contributed by atoms with E-state index in [1.54, 1.807) is 7.05 Å². The molecule has 0 radical (unpaired) electrons. The van der Waals surface area contributed by atoms with Crippen LogP contribution in [0.2, 0.25) is 0 Å². The van der Waals surface area contributed by atoms with E-state index in [2.05, 4.69) is 15.6 Å². The van der Waals surface area contributed by atoms with Crippen LogP contribution in [0.5, 0.6) is 0 Å². The Morgan fingerprint density at radius 2 is 2.41 bits per heavy atom. The first-order valence-electron chi connectivity index (χ1n) is 5.37. The van der Waals surface area contributed by atoms with Crippen LogP contribution in [0.4, 0.5) is 10.1 Å². The quantitative estimate of drug-likeness (QED) is 0.801. The third-order valence-electron chi connectivity index (χ3n) is 2.82. The van der Waals surface area contributed by atoms with Crippen molar-refractivity contribution < 1.29 is 13.9 Å². The van der Waals surface area contributed by atoms with Crippen LogP contribution in [0.15, 0.2) is 18.5 Å². The molecule has 1 aromatic heterocycles. The molecule has 5 nitrogen and oxygen atoms in total. The number of aromatic nitrogens is 1. The molecule has 0 saturated carbocycles. The van der Waals surface area contributed by atoms with E-state index in [0.717, 1.165) is 6.20 Å². The molecule has 6 heteroatoms. The van der Waals surface area contributed by atoms with Crippen LogP contribution in [-0.2, 0) is 9.53 Å². The molecular weight excluding hydrogens is 225 g/mol. The molecule has 2 heterocycles. The van der Waals surface area contributed by atoms with Gasteiger partial charge >= 0.3 is 0 Å². The Balaban J connectivity index is 2.04. The summed E-state index contributed by atoms with van der Waals surface area (Å²) >= 11 is 0. The number of nitrogens with one attached hydrogen (secondary N) is 2. The average Bonchev–Trinajstić information content (AvgIpc) is 2.80. The van der Waals surface area contributed by atoms with Crippen LogP contribution in [0.3, 0.4) is 0 Å². The highest BCUT2D eigenvalue weighted by atomic mass is 19.1. The molecule has 1 aliphatic heterocycles. The predicted molar refractivity (Wildman–Crippen MR) is 60.0 cm³/mol. The van der Waals surface area contributed by atoms with Gasteiger partial charge in [0.2, 0.25) is 5.91 Å². The zero-order valence-electron chi connectivity index (χ0n) is 9.44. The van der Waals surface area contributed by atoms with E-state index in [0.29, 0.717) is 13.2 Å². The third kappa shape index (κ3) is 2.59. The zero-order valence-corrected chi connectivity index (χ0v) is 9.44. The molecule has 0 bridgehead atoms. The Morgan fingerprint density at radius 1 is 1.59 bits per heavy atom. The number of anilines is 1. The summed E-state index contributed by atoms with van der Waals surface area (Å²) in [7, 11) is 1.77. The lowest BCUT2D eigenvalue weighted by molar-refractivity contribution is -0.120. The summed E-state index contributed by atoms with van der Waals surface area (Å²) in [6.45, 7) is 0.845. The number of carbonyl (C=O) groups is 1. The Morgan fingerprint density at radius 3 is 3.12 bits per heavy atom. The monoisotopic (exact) mass is 239 g/mol. The van der Waals surface area contributed by atoms with Gasteiger partial charge in [0.15, 0.2) is 5.82 Å². The second-order valence-corrected chi connectivity index (χ2v) is 3.88. The summed E-state index contributed by atoms with van der Waals surface area (Å²) in [6, 6.07) is 1.40. The van der Waals surface area contributed by atoms with Gasteiger partial charge in [-0.2, -0.15) is 0 Å². The van der Waals surface area contributed by atoms with Crippen molar-refractivity contribution >= 4 is 11.6 Å². The number of ether oxygens (including phenoxy) is 1. The van der Waals surface area contributed by atoms with Crippen molar-refractivity contribution in [1.29, 1.82) is 0 Å². The number of hydrogen-bond acceptors (Lipinski definition) is 4. The molecule has 2 atom stereocenters. The van der Waals surface area contributed by atoms with Gasteiger partial charge < -0.3 is 15.4 Å². The minimum Gasteiger partial charge on any atom is -0.379 e. The fourth-order valence-corrected chi connectivity index (χ4v) is 1.80. The highest BCUT2D eigenvalue weighted by molar-refractivity contribution is 5.93. The smallest absolute Gasteiger partial charge is 0.231 e. The van der Waals surface area contributed by atoms with Crippen LogP contribution < -0.4 is 10.6 Å². The number of pyridine rings is 1. The first kappa shape index (κ1) is 11.9. The number of carbonyl (C=O) groups excluding carboxylic acids is 1. The second-order valence-electron chi connectivity index (χ2n) is 3.88. The first-order valence-corrected chi connectivity index (χ1v) is 5.37. The lowest BCUT2D eigenvalue weighted by Gasteiger charge is -2.16. The van der Waals surface area contributed by atoms with Crippen LogP contribution in [0.25, 0.3) is 0 Å². The number of hydrogen-bond donors (Lipinski definition) is 2. The van der Waals surface area contributed by atoms with Gasteiger partial charge in [-0.15, -0.1) is 0 Å². The van der Waals surface area contributed by atoms with E-state index in [1.807, 2.05) is 0 Å². The third-order valence-corrected chi connectivity index (χ3v) is 2.82. The summed E-state index contributed by atoms with van der Waals surface area (Å²) in [6.07, 6.45) is 2.50. The van der Waals surface area contributed by atoms with Gasteiger partial charge in [0.25, 0.3) is 0 Å². The van der Waals surface area contributed by atoms with Gasteiger partial charge in [0, 0.05) is 12.2 Å². The largest absolute Gasteiger partial charge is 0.379 e. The van der Waals surface area contributed by atoms with E-state index in [-0.39, 0.29) is 23.6 Å². The first-order chi connectivity index (χ1) is 8.22.